The maximum Gasteiger partial charge on any atom is 0.251 e. The Morgan fingerprint density at radius 1 is 1.04 bits per heavy atom. The van der Waals surface area contributed by atoms with E-state index in [-0.39, 0.29) is 11.8 Å². The molecule has 0 aliphatic carbocycles. The lowest BCUT2D eigenvalue weighted by molar-refractivity contribution is -0.128. The third-order valence-corrected chi connectivity index (χ3v) is 5.04. The van der Waals surface area contributed by atoms with Crippen molar-refractivity contribution in [2.75, 3.05) is 26.3 Å². The van der Waals surface area contributed by atoms with E-state index in [0.717, 1.165) is 35.6 Å². The van der Waals surface area contributed by atoms with Crippen molar-refractivity contribution >= 4 is 11.8 Å². The van der Waals surface area contributed by atoms with Crippen LogP contribution in [0.5, 0.6) is 11.5 Å². The number of amides is 2. The van der Waals surface area contributed by atoms with E-state index in [4.69, 9.17) is 9.47 Å². The minimum absolute atomic E-state index is 0.104. The summed E-state index contributed by atoms with van der Waals surface area (Å²) in [6, 6.07) is 13.4. The summed E-state index contributed by atoms with van der Waals surface area (Å²) in [6.45, 7) is 3.04. The molecule has 0 aromatic heterocycles. The molecule has 0 bridgehead atoms. The van der Waals surface area contributed by atoms with E-state index in [1.54, 1.807) is 6.07 Å². The lowest BCUT2D eigenvalue weighted by Gasteiger charge is -2.19. The quantitative estimate of drug-likeness (QED) is 0.836. The van der Waals surface area contributed by atoms with Crippen LogP contribution in [-0.4, -0.2) is 43.0 Å². The molecule has 2 aliphatic rings. The lowest BCUT2D eigenvalue weighted by atomic mass is 10.1. The summed E-state index contributed by atoms with van der Waals surface area (Å²) >= 11 is 0. The molecule has 0 saturated carbocycles. The minimum Gasteiger partial charge on any atom is -0.486 e. The number of hydrogen-bond acceptors (Lipinski definition) is 4. The Hall–Kier alpha value is -3.02. The molecule has 2 aromatic carbocycles. The van der Waals surface area contributed by atoms with Crippen molar-refractivity contribution in [3.63, 3.8) is 0 Å². The van der Waals surface area contributed by atoms with Crippen molar-refractivity contribution in [1.29, 1.82) is 0 Å². The third-order valence-electron chi connectivity index (χ3n) is 5.04. The number of rotatable bonds is 6. The van der Waals surface area contributed by atoms with Crippen LogP contribution in [-0.2, 0) is 17.8 Å². The maximum atomic E-state index is 12.5. The number of carbonyl (C=O) groups excluding carboxylic acids is 2. The number of nitrogens with one attached hydrogen (secondary N) is 1. The molecular formula is C22H24N2O4. The molecule has 0 atom stereocenters. The van der Waals surface area contributed by atoms with E-state index in [9.17, 15) is 9.59 Å². The average Bonchev–Trinajstić information content (AvgIpc) is 3.12. The van der Waals surface area contributed by atoms with Gasteiger partial charge in [0.05, 0.1) is 0 Å². The van der Waals surface area contributed by atoms with E-state index < -0.39 is 0 Å². The molecular weight excluding hydrogens is 356 g/mol. The van der Waals surface area contributed by atoms with Crippen LogP contribution < -0.4 is 14.8 Å². The van der Waals surface area contributed by atoms with Gasteiger partial charge in [-0.2, -0.15) is 0 Å². The van der Waals surface area contributed by atoms with Crippen LogP contribution in [0, 0.1) is 0 Å². The van der Waals surface area contributed by atoms with E-state index in [0.29, 0.717) is 44.7 Å². The first-order valence-electron chi connectivity index (χ1n) is 9.72. The third kappa shape index (κ3) is 4.27. The van der Waals surface area contributed by atoms with Crippen LogP contribution >= 0.6 is 0 Å². The number of hydrogen-bond donors (Lipinski definition) is 1. The molecule has 2 heterocycles. The first kappa shape index (κ1) is 18.3. The fraction of sp³-hybridized carbons (Fsp3) is 0.364. The number of benzene rings is 2. The van der Waals surface area contributed by atoms with E-state index in [2.05, 4.69) is 5.32 Å². The van der Waals surface area contributed by atoms with Crippen LogP contribution in [0.4, 0.5) is 0 Å². The molecule has 1 fully saturated rings. The highest BCUT2D eigenvalue weighted by Crippen LogP contribution is 2.30. The van der Waals surface area contributed by atoms with Gasteiger partial charge < -0.3 is 19.7 Å². The SMILES string of the molecule is O=C(NCCc1ccc2c(c1)OCCO2)c1cccc(CN2CCCC2=O)c1. The van der Waals surface area contributed by atoms with Gasteiger partial charge in [-0.1, -0.05) is 18.2 Å². The Morgan fingerprint density at radius 3 is 2.71 bits per heavy atom. The van der Waals surface area contributed by atoms with Crippen LogP contribution in [0.15, 0.2) is 42.5 Å². The molecule has 6 nitrogen and oxygen atoms in total. The first-order chi connectivity index (χ1) is 13.7. The van der Waals surface area contributed by atoms with Gasteiger partial charge in [-0.05, 0) is 48.2 Å². The van der Waals surface area contributed by atoms with Gasteiger partial charge in [0.15, 0.2) is 11.5 Å². The Bertz CT molecular complexity index is 881. The molecule has 1 saturated heterocycles. The second-order valence-corrected chi connectivity index (χ2v) is 7.10. The second-order valence-electron chi connectivity index (χ2n) is 7.10. The molecule has 0 unspecified atom stereocenters. The molecule has 2 aromatic rings. The highest BCUT2D eigenvalue weighted by atomic mass is 16.6. The molecule has 2 amide bonds. The Kier molecular flexibility index (Phi) is 5.46. The predicted octanol–water partition coefficient (Wildman–Crippen LogP) is 2.55. The van der Waals surface area contributed by atoms with Gasteiger partial charge in [-0.3, -0.25) is 9.59 Å². The highest BCUT2D eigenvalue weighted by Gasteiger charge is 2.20. The zero-order valence-electron chi connectivity index (χ0n) is 15.8. The van der Waals surface area contributed by atoms with E-state index in [1.807, 2.05) is 41.3 Å². The van der Waals surface area contributed by atoms with Gasteiger partial charge in [0.25, 0.3) is 5.91 Å². The molecule has 146 valence electrons. The van der Waals surface area contributed by atoms with Crippen molar-refractivity contribution in [2.45, 2.75) is 25.8 Å². The van der Waals surface area contributed by atoms with Crippen molar-refractivity contribution in [1.82, 2.24) is 10.2 Å². The molecule has 2 aliphatic heterocycles. The van der Waals surface area contributed by atoms with Crippen molar-refractivity contribution in [3.8, 4) is 11.5 Å². The summed E-state index contributed by atoms with van der Waals surface area (Å²) in [7, 11) is 0. The monoisotopic (exact) mass is 380 g/mol. The van der Waals surface area contributed by atoms with Gasteiger partial charge >= 0.3 is 0 Å². The number of ether oxygens (including phenoxy) is 2. The fourth-order valence-electron chi connectivity index (χ4n) is 3.57. The van der Waals surface area contributed by atoms with E-state index in [1.165, 1.54) is 0 Å². The zero-order valence-corrected chi connectivity index (χ0v) is 15.8. The first-order valence-corrected chi connectivity index (χ1v) is 9.72. The summed E-state index contributed by atoms with van der Waals surface area (Å²) < 4.78 is 11.1. The number of fused-ring (bicyclic) bond motifs is 1. The van der Waals surface area contributed by atoms with Crippen molar-refractivity contribution < 1.29 is 19.1 Å². The normalized spacial score (nSPS) is 15.6. The maximum absolute atomic E-state index is 12.5. The largest absolute Gasteiger partial charge is 0.486 e. The number of nitrogens with zero attached hydrogens (tertiary/aromatic N) is 1. The van der Waals surface area contributed by atoms with Crippen LogP contribution in [0.1, 0.15) is 34.3 Å². The van der Waals surface area contributed by atoms with Gasteiger partial charge in [-0.25, -0.2) is 0 Å². The summed E-state index contributed by atoms with van der Waals surface area (Å²) in [4.78, 5) is 26.1. The topological polar surface area (TPSA) is 67.9 Å². The molecule has 0 spiro atoms. The van der Waals surface area contributed by atoms with Crippen LogP contribution in [0.3, 0.4) is 0 Å². The molecule has 4 rings (SSSR count). The van der Waals surface area contributed by atoms with Gasteiger partial charge in [0.2, 0.25) is 5.91 Å². The smallest absolute Gasteiger partial charge is 0.251 e. The highest BCUT2D eigenvalue weighted by molar-refractivity contribution is 5.94. The Morgan fingerprint density at radius 2 is 1.89 bits per heavy atom. The standard InChI is InChI=1S/C22H24N2O4/c25-21-5-2-10-24(21)15-17-3-1-4-18(13-17)22(26)23-9-8-16-6-7-19-20(14-16)28-12-11-27-19/h1,3-4,6-7,13-14H,2,5,8-12,15H2,(H,23,26). The lowest BCUT2D eigenvalue weighted by Crippen LogP contribution is -2.26. The fourth-order valence-corrected chi connectivity index (χ4v) is 3.57. The average molecular weight is 380 g/mol. The summed E-state index contributed by atoms with van der Waals surface area (Å²) in [5, 5.41) is 2.97. The minimum atomic E-state index is -0.104. The van der Waals surface area contributed by atoms with Crippen LogP contribution in [0.25, 0.3) is 0 Å². The molecule has 28 heavy (non-hydrogen) atoms. The molecule has 6 heteroatoms. The summed E-state index contributed by atoms with van der Waals surface area (Å²) in [6.07, 6.45) is 2.25. The van der Waals surface area contributed by atoms with Gasteiger partial charge in [0, 0.05) is 31.6 Å². The van der Waals surface area contributed by atoms with Crippen molar-refractivity contribution in [2.24, 2.45) is 0 Å². The predicted molar refractivity (Wildman–Crippen MR) is 105 cm³/mol. The van der Waals surface area contributed by atoms with Crippen LogP contribution in [0.2, 0.25) is 0 Å². The summed E-state index contributed by atoms with van der Waals surface area (Å²) in [5.41, 5.74) is 2.69. The second kappa shape index (κ2) is 8.33. The number of carbonyl (C=O) groups is 2. The zero-order chi connectivity index (χ0) is 19.3. The summed E-state index contributed by atoms with van der Waals surface area (Å²) in [5.74, 6) is 1.62. The Balaban J connectivity index is 1.31. The molecule has 1 N–H and O–H groups in total. The molecule has 0 radical (unpaired) electrons. The Labute approximate surface area is 164 Å². The van der Waals surface area contributed by atoms with Gasteiger partial charge in [0.1, 0.15) is 13.2 Å². The van der Waals surface area contributed by atoms with Gasteiger partial charge in [-0.15, -0.1) is 0 Å². The van der Waals surface area contributed by atoms with Crippen molar-refractivity contribution in [3.05, 3.63) is 59.2 Å². The number of likely N-dealkylation sites (tertiary alicyclic amines) is 1. The van der Waals surface area contributed by atoms with E-state index >= 15 is 0 Å².